The fraction of sp³-hybridized carbons (Fsp3) is 0.421. The van der Waals surface area contributed by atoms with E-state index >= 15 is 0 Å². The molecule has 7 heteroatoms. The van der Waals surface area contributed by atoms with Gasteiger partial charge in [-0.1, -0.05) is 6.07 Å². The second kappa shape index (κ2) is 6.90. The van der Waals surface area contributed by atoms with Crippen LogP contribution in [0.15, 0.2) is 35.8 Å². The Hall–Kier alpha value is -2.09. The highest BCUT2D eigenvalue weighted by molar-refractivity contribution is 7.16. The van der Waals surface area contributed by atoms with Gasteiger partial charge in [0.2, 0.25) is 0 Å². The zero-order valence-electron chi connectivity index (χ0n) is 14.4. The standard InChI is InChI=1S/C19H20N4O2S/c1-2-7-20-15(5-1)16-21-17(14-6-11-26-18(14)22-16)23-8-3-4-13(12-23)19-24-9-10-25-19/h1-2,5-7,11,13,19H,3-4,8-10,12H2. The Kier molecular flexibility index (Phi) is 4.28. The monoisotopic (exact) mass is 368 g/mol. The van der Waals surface area contributed by atoms with Crippen molar-refractivity contribution in [2.24, 2.45) is 5.92 Å². The number of hydrogen-bond acceptors (Lipinski definition) is 7. The average molecular weight is 368 g/mol. The van der Waals surface area contributed by atoms with E-state index in [0.29, 0.717) is 25.0 Å². The summed E-state index contributed by atoms with van der Waals surface area (Å²) in [5.74, 6) is 2.07. The van der Waals surface area contributed by atoms with E-state index in [2.05, 4.69) is 21.3 Å². The number of thiophene rings is 1. The molecule has 0 aromatic carbocycles. The summed E-state index contributed by atoms with van der Waals surface area (Å²) < 4.78 is 11.5. The highest BCUT2D eigenvalue weighted by Gasteiger charge is 2.32. The molecule has 1 atom stereocenters. The first kappa shape index (κ1) is 16.1. The number of rotatable bonds is 3. The van der Waals surface area contributed by atoms with Crippen LogP contribution in [0.2, 0.25) is 0 Å². The summed E-state index contributed by atoms with van der Waals surface area (Å²) in [6.07, 6.45) is 3.95. The van der Waals surface area contributed by atoms with Gasteiger partial charge in [0, 0.05) is 25.2 Å². The van der Waals surface area contributed by atoms with E-state index < -0.39 is 0 Å². The molecule has 2 aliphatic rings. The average Bonchev–Trinajstić information content (AvgIpc) is 3.40. The van der Waals surface area contributed by atoms with Crippen molar-refractivity contribution in [2.45, 2.75) is 19.1 Å². The number of fused-ring (bicyclic) bond motifs is 1. The van der Waals surface area contributed by atoms with E-state index in [-0.39, 0.29) is 6.29 Å². The summed E-state index contributed by atoms with van der Waals surface area (Å²) in [5.41, 5.74) is 0.806. The Morgan fingerprint density at radius 2 is 2.04 bits per heavy atom. The lowest BCUT2D eigenvalue weighted by atomic mass is 9.97. The van der Waals surface area contributed by atoms with Crippen LogP contribution >= 0.6 is 11.3 Å². The Bertz CT molecular complexity index is 895. The summed E-state index contributed by atoms with van der Waals surface area (Å²) in [7, 11) is 0. The second-order valence-corrected chi connectivity index (χ2v) is 7.58. The van der Waals surface area contributed by atoms with Crippen molar-refractivity contribution in [2.75, 3.05) is 31.2 Å². The molecule has 0 amide bonds. The van der Waals surface area contributed by atoms with Crippen LogP contribution in [0.4, 0.5) is 5.82 Å². The number of hydrogen-bond donors (Lipinski definition) is 0. The van der Waals surface area contributed by atoms with Gasteiger partial charge in [-0.2, -0.15) is 0 Å². The Labute approximate surface area is 155 Å². The molecule has 2 fully saturated rings. The third-order valence-corrected chi connectivity index (χ3v) is 5.80. The number of anilines is 1. The Morgan fingerprint density at radius 1 is 1.12 bits per heavy atom. The minimum atomic E-state index is -0.0761. The molecule has 1 unspecified atom stereocenters. The predicted octanol–water partition coefficient (Wildman–Crippen LogP) is 3.34. The topological polar surface area (TPSA) is 60.4 Å². The Balaban J connectivity index is 1.52. The van der Waals surface area contributed by atoms with E-state index in [1.165, 1.54) is 0 Å². The molecule has 3 aromatic rings. The molecule has 0 radical (unpaired) electrons. The van der Waals surface area contributed by atoms with Gasteiger partial charge in [-0.05, 0) is 36.4 Å². The molecule has 0 spiro atoms. The van der Waals surface area contributed by atoms with Crippen LogP contribution in [0.5, 0.6) is 0 Å². The second-order valence-electron chi connectivity index (χ2n) is 6.68. The molecule has 0 aliphatic carbocycles. The van der Waals surface area contributed by atoms with Gasteiger partial charge in [0.1, 0.15) is 16.3 Å². The lowest BCUT2D eigenvalue weighted by Crippen LogP contribution is -2.41. The SMILES string of the molecule is c1ccc(-c2nc(N3CCCC(C4OCCO4)C3)c3ccsc3n2)nc1. The lowest BCUT2D eigenvalue weighted by molar-refractivity contribution is -0.0858. The third-order valence-electron chi connectivity index (χ3n) is 4.99. The summed E-state index contributed by atoms with van der Waals surface area (Å²) in [6.45, 7) is 3.29. The smallest absolute Gasteiger partial charge is 0.181 e. The highest BCUT2D eigenvalue weighted by atomic mass is 32.1. The van der Waals surface area contributed by atoms with E-state index in [1.807, 2.05) is 18.2 Å². The van der Waals surface area contributed by atoms with E-state index in [1.54, 1.807) is 17.5 Å². The van der Waals surface area contributed by atoms with Gasteiger partial charge in [0.25, 0.3) is 0 Å². The lowest BCUT2D eigenvalue weighted by Gasteiger charge is -2.35. The van der Waals surface area contributed by atoms with E-state index in [9.17, 15) is 0 Å². The molecule has 2 aliphatic heterocycles. The third kappa shape index (κ3) is 2.96. The number of nitrogens with zero attached hydrogens (tertiary/aromatic N) is 4. The molecule has 5 heterocycles. The fourth-order valence-electron chi connectivity index (χ4n) is 3.76. The predicted molar refractivity (Wildman–Crippen MR) is 101 cm³/mol. The minimum absolute atomic E-state index is 0.0761. The minimum Gasteiger partial charge on any atom is -0.355 e. The van der Waals surface area contributed by atoms with Crippen molar-refractivity contribution in [3.8, 4) is 11.5 Å². The fourth-order valence-corrected chi connectivity index (χ4v) is 4.52. The molecular formula is C19H20N4O2S. The van der Waals surface area contributed by atoms with Gasteiger partial charge in [0.15, 0.2) is 12.1 Å². The van der Waals surface area contributed by atoms with Crippen LogP contribution in [-0.4, -0.2) is 47.5 Å². The molecule has 3 aromatic heterocycles. The summed E-state index contributed by atoms with van der Waals surface area (Å²) in [6, 6.07) is 7.95. The number of ether oxygens (including phenoxy) is 2. The van der Waals surface area contributed by atoms with Gasteiger partial charge in [-0.15, -0.1) is 11.3 Å². The van der Waals surface area contributed by atoms with Gasteiger partial charge in [0.05, 0.1) is 18.6 Å². The number of aromatic nitrogens is 3. The molecule has 0 saturated carbocycles. The molecule has 5 rings (SSSR count). The molecule has 6 nitrogen and oxygen atoms in total. The van der Waals surface area contributed by atoms with Crippen molar-refractivity contribution >= 4 is 27.4 Å². The zero-order chi connectivity index (χ0) is 17.3. The number of piperidine rings is 1. The molecule has 2 saturated heterocycles. The van der Waals surface area contributed by atoms with E-state index in [4.69, 9.17) is 19.4 Å². The number of pyridine rings is 1. The molecule has 26 heavy (non-hydrogen) atoms. The van der Waals surface area contributed by atoms with Crippen LogP contribution in [0.3, 0.4) is 0 Å². The van der Waals surface area contributed by atoms with Crippen molar-refractivity contribution in [3.05, 3.63) is 35.8 Å². The van der Waals surface area contributed by atoms with Crippen LogP contribution in [0.25, 0.3) is 21.7 Å². The molecule has 0 bridgehead atoms. The van der Waals surface area contributed by atoms with Crippen molar-refractivity contribution in [3.63, 3.8) is 0 Å². The molecule has 0 N–H and O–H groups in total. The van der Waals surface area contributed by atoms with Crippen LogP contribution < -0.4 is 4.90 Å². The first-order valence-electron chi connectivity index (χ1n) is 9.03. The van der Waals surface area contributed by atoms with Gasteiger partial charge in [-0.3, -0.25) is 4.98 Å². The summed E-state index contributed by atoms with van der Waals surface area (Å²) >= 11 is 1.65. The van der Waals surface area contributed by atoms with Crippen molar-refractivity contribution in [1.82, 2.24) is 15.0 Å². The van der Waals surface area contributed by atoms with Gasteiger partial charge in [-0.25, -0.2) is 9.97 Å². The maximum Gasteiger partial charge on any atom is 0.181 e. The van der Waals surface area contributed by atoms with Crippen molar-refractivity contribution in [1.29, 1.82) is 0 Å². The van der Waals surface area contributed by atoms with E-state index in [0.717, 1.165) is 47.7 Å². The summed E-state index contributed by atoms with van der Waals surface area (Å²) in [5, 5.41) is 3.19. The van der Waals surface area contributed by atoms with Crippen molar-refractivity contribution < 1.29 is 9.47 Å². The maximum atomic E-state index is 5.75. The van der Waals surface area contributed by atoms with Crippen LogP contribution in [0.1, 0.15) is 12.8 Å². The normalized spacial score (nSPS) is 21.5. The van der Waals surface area contributed by atoms with Gasteiger partial charge < -0.3 is 14.4 Å². The summed E-state index contributed by atoms with van der Waals surface area (Å²) in [4.78, 5) is 17.4. The highest BCUT2D eigenvalue weighted by Crippen LogP contribution is 2.34. The first-order chi connectivity index (χ1) is 12.9. The molecular weight excluding hydrogens is 348 g/mol. The van der Waals surface area contributed by atoms with Crippen LogP contribution in [-0.2, 0) is 9.47 Å². The molecule has 134 valence electrons. The first-order valence-corrected chi connectivity index (χ1v) is 9.91. The largest absolute Gasteiger partial charge is 0.355 e. The van der Waals surface area contributed by atoms with Gasteiger partial charge >= 0.3 is 0 Å². The maximum absolute atomic E-state index is 5.75. The Morgan fingerprint density at radius 3 is 2.88 bits per heavy atom. The quantitative estimate of drug-likeness (QED) is 0.707. The zero-order valence-corrected chi connectivity index (χ0v) is 15.2. The van der Waals surface area contributed by atoms with Crippen LogP contribution in [0, 0.1) is 5.92 Å².